The van der Waals surface area contributed by atoms with Gasteiger partial charge in [0.05, 0.1) is 12.5 Å². The van der Waals surface area contributed by atoms with Crippen molar-refractivity contribution >= 4 is 23.8 Å². The Morgan fingerprint density at radius 1 is 1.30 bits per heavy atom. The Labute approximate surface area is 156 Å². The molecule has 9 heteroatoms. The van der Waals surface area contributed by atoms with E-state index in [9.17, 15) is 19.2 Å². The molecule has 1 atom stereocenters. The number of amides is 4. The number of nitriles is 1. The predicted molar refractivity (Wildman–Crippen MR) is 92.9 cm³/mol. The molecule has 1 aromatic rings. The van der Waals surface area contributed by atoms with Gasteiger partial charge in [-0.15, -0.1) is 0 Å². The van der Waals surface area contributed by atoms with E-state index in [2.05, 4.69) is 5.32 Å². The topological polar surface area (TPSA) is 120 Å². The van der Waals surface area contributed by atoms with Crippen molar-refractivity contribution in [3.05, 3.63) is 35.9 Å². The minimum absolute atomic E-state index is 0.163. The SMILES string of the molecule is CN(CCC#N)C(=O)COC(=O)CN1C(=O)N[C@](C)(c2ccccc2)C1=O. The van der Waals surface area contributed by atoms with Crippen molar-refractivity contribution in [3.8, 4) is 6.07 Å². The molecule has 1 heterocycles. The number of nitrogens with one attached hydrogen (secondary N) is 1. The van der Waals surface area contributed by atoms with Crippen LogP contribution in [0.15, 0.2) is 30.3 Å². The molecule has 0 unspecified atom stereocenters. The van der Waals surface area contributed by atoms with E-state index in [1.807, 2.05) is 6.07 Å². The third-order valence-electron chi connectivity index (χ3n) is 4.25. The number of rotatable bonds is 7. The molecular formula is C18H20N4O5. The number of hydrogen-bond acceptors (Lipinski definition) is 6. The number of urea groups is 1. The van der Waals surface area contributed by atoms with Gasteiger partial charge in [0.1, 0.15) is 12.1 Å². The van der Waals surface area contributed by atoms with Crippen molar-refractivity contribution in [1.82, 2.24) is 15.1 Å². The van der Waals surface area contributed by atoms with Gasteiger partial charge < -0.3 is 15.0 Å². The lowest BCUT2D eigenvalue weighted by Gasteiger charge is -2.22. The number of ether oxygens (including phenoxy) is 1. The van der Waals surface area contributed by atoms with Crippen molar-refractivity contribution < 1.29 is 23.9 Å². The summed E-state index contributed by atoms with van der Waals surface area (Å²) in [6.07, 6.45) is 0.163. The fraction of sp³-hybridized carbons (Fsp3) is 0.389. The fourth-order valence-corrected chi connectivity index (χ4v) is 2.58. The van der Waals surface area contributed by atoms with Crippen molar-refractivity contribution in [2.24, 2.45) is 0 Å². The van der Waals surface area contributed by atoms with Crippen LogP contribution in [0.2, 0.25) is 0 Å². The van der Waals surface area contributed by atoms with E-state index in [1.54, 1.807) is 37.3 Å². The van der Waals surface area contributed by atoms with Gasteiger partial charge in [-0.1, -0.05) is 30.3 Å². The van der Waals surface area contributed by atoms with Gasteiger partial charge in [0, 0.05) is 13.6 Å². The van der Waals surface area contributed by atoms with Crippen LogP contribution in [0.5, 0.6) is 0 Å². The van der Waals surface area contributed by atoms with Gasteiger partial charge >= 0.3 is 12.0 Å². The summed E-state index contributed by atoms with van der Waals surface area (Å²) in [5.41, 5.74) is -0.681. The summed E-state index contributed by atoms with van der Waals surface area (Å²) in [6, 6.07) is 9.88. The highest BCUT2D eigenvalue weighted by Gasteiger charge is 2.49. The molecule has 0 saturated carbocycles. The molecule has 0 bridgehead atoms. The normalized spacial score (nSPS) is 18.6. The predicted octanol–water partition coefficient (Wildman–Crippen LogP) is 0.369. The van der Waals surface area contributed by atoms with Gasteiger partial charge in [-0.25, -0.2) is 4.79 Å². The molecule has 1 aromatic carbocycles. The van der Waals surface area contributed by atoms with Crippen LogP contribution in [0.25, 0.3) is 0 Å². The zero-order valence-electron chi connectivity index (χ0n) is 15.1. The number of esters is 1. The number of carbonyl (C=O) groups excluding carboxylic acids is 4. The lowest BCUT2D eigenvalue weighted by atomic mass is 9.92. The Hall–Kier alpha value is -3.41. The average molecular weight is 372 g/mol. The van der Waals surface area contributed by atoms with E-state index >= 15 is 0 Å². The van der Waals surface area contributed by atoms with E-state index < -0.39 is 42.5 Å². The summed E-state index contributed by atoms with van der Waals surface area (Å²) < 4.78 is 4.85. The molecule has 0 aromatic heterocycles. The standard InChI is InChI=1S/C18H20N4O5/c1-18(13-7-4-3-5-8-13)16(25)22(17(26)20-18)11-15(24)27-12-14(23)21(2)10-6-9-19/h3-5,7-8H,6,10-12H2,1-2H3,(H,20,26)/t18-/m1/s1. The average Bonchev–Trinajstić information content (AvgIpc) is 2.88. The number of carbonyl (C=O) groups is 4. The number of hydrogen-bond donors (Lipinski definition) is 1. The molecule has 0 radical (unpaired) electrons. The van der Waals surface area contributed by atoms with Crippen LogP contribution < -0.4 is 5.32 Å². The Morgan fingerprint density at radius 2 is 1.96 bits per heavy atom. The second kappa shape index (κ2) is 8.31. The van der Waals surface area contributed by atoms with E-state index in [-0.39, 0.29) is 13.0 Å². The van der Waals surface area contributed by atoms with Crippen LogP contribution in [-0.4, -0.2) is 60.4 Å². The first-order valence-corrected chi connectivity index (χ1v) is 8.25. The summed E-state index contributed by atoms with van der Waals surface area (Å²) in [5, 5.41) is 11.1. The molecular weight excluding hydrogens is 352 g/mol. The number of nitrogens with zero attached hydrogens (tertiary/aromatic N) is 3. The van der Waals surface area contributed by atoms with Crippen LogP contribution in [-0.2, 0) is 24.7 Å². The Bertz CT molecular complexity index is 789. The van der Waals surface area contributed by atoms with Gasteiger partial charge in [-0.05, 0) is 12.5 Å². The molecule has 1 N–H and O–H groups in total. The summed E-state index contributed by atoms with van der Waals surface area (Å²) >= 11 is 0. The number of imide groups is 1. The van der Waals surface area contributed by atoms with Crippen LogP contribution in [0.1, 0.15) is 18.9 Å². The second-order valence-electron chi connectivity index (χ2n) is 6.20. The van der Waals surface area contributed by atoms with E-state index in [4.69, 9.17) is 10.00 Å². The van der Waals surface area contributed by atoms with Crippen molar-refractivity contribution in [2.75, 3.05) is 26.7 Å². The molecule has 4 amide bonds. The van der Waals surface area contributed by atoms with E-state index in [0.29, 0.717) is 5.56 Å². The zero-order valence-corrected chi connectivity index (χ0v) is 15.1. The van der Waals surface area contributed by atoms with Gasteiger partial charge in [0.2, 0.25) is 0 Å². The highest BCUT2D eigenvalue weighted by Crippen LogP contribution is 2.28. The first-order valence-electron chi connectivity index (χ1n) is 8.25. The third kappa shape index (κ3) is 4.41. The van der Waals surface area contributed by atoms with Crippen LogP contribution in [0.4, 0.5) is 4.79 Å². The van der Waals surface area contributed by atoms with Crippen LogP contribution in [0, 0.1) is 11.3 Å². The minimum atomic E-state index is -1.27. The third-order valence-corrected chi connectivity index (χ3v) is 4.25. The molecule has 27 heavy (non-hydrogen) atoms. The summed E-state index contributed by atoms with van der Waals surface area (Å²) in [4.78, 5) is 50.6. The molecule has 1 fully saturated rings. The highest BCUT2D eigenvalue weighted by atomic mass is 16.5. The van der Waals surface area contributed by atoms with E-state index in [1.165, 1.54) is 11.9 Å². The smallest absolute Gasteiger partial charge is 0.326 e. The Morgan fingerprint density at radius 3 is 2.59 bits per heavy atom. The zero-order chi connectivity index (χ0) is 20.0. The highest BCUT2D eigenvalue weighted by molar-refractivity contribution is 6.08. The molecule has 0 aliphatic carbocycles. The van der Waals surface area contributed by atoms with Crippen LogP contribution in [0.3, 0.4) is 0 Å². The van der Waals surface area contributed by atoms with Crippen LogP contribution >= 0.6 is 0 Å². The summed E-state index contributed by atoms with van der Waals surface area (Å²) in [5.74, 6) is -1.93. The Kier molecular flexibility index (Phi) is 6.13. The number of benzene rings is 1. The summed E-state index contributed by atoms with van der Waals surface area (Å²) in [6.45, 7) is 0.652. The fourth-order valence-electron chi connectivity index (χ4n) is 2.58. The molecule has 1 aliphatic rings. The first kappa shape index (κ1) is 19.9. The van der Waals surface area contributed by atoms with Crippen molar-refractivity contribution in [3.63, 3.8) is 0 Å². The quantitative estimate of drug-likeness (QED) is 0.545. The van der Waals surface area contributed by atoms with Gasteiger partial charge in [-0.3, -0.25) is 19.3 Å². The van der Waals surface area contributed by atoms with Crippen molar-refractivity contribution in [2.45, 2.75) is 18.9 Å². The molecule has 2 rings (SSSR count). The maximum absolute atomic E-state index is 12.7. The van der Waals surface area contributed by atoms with Gasteiger partial charge in [0.25, 0.3) is 11.8 Å². The van der Waals surface area contributed by atoms with Crippen molar-refractivity contribution in [1.29, 1.82) is 5.26 Å². The van der Waals surface area contributed by atoms with Gasteiger partial charge in [-0.2, -0.15) is 5.26 Å². The monoisotopic (exact) mass is 372 g/mol. The maximum Gasteiger partial charge on any atom is 0.326 e. The lowest BCUT2D eigenvalue weighted by Crippen LogP contribution is -2.42. The molecule has 9 nitrogen and oxygen atoms in total. The number of likely N-dealkylation sites (N-methyl/N-ethyl adjacent to an activating group) is 1. The summed E-state index contributed by atoms with van der Waals surface area (Å²) in [7, 11) is 1.48. The molecule has 1 aliphatic heterocycles. The molecule has 0 spiro atoms. The lowest BCUT2D eigenvalue weighted by molar-refractivity contribution is -0.153. The first-order chi connectivity index (χ1) is 12.8. The molecule has 142 valence electrons. The van der Waals surface area contributed by atoms with Gasteiger partial charge in [0.15, 0.2) is 6.61 Å². The Balaban J connectivity index is 1.94. The minimum Gasteiger partial charge on any atom is -0.454 e. The van der Waals surface area contributed by atoms with E-state index in [0.717, 1.165) is 4.90 Å². The molecule has 1 saturated heterocycles. The largest absolute Gasteiger partial charge is 0.454 e. The maximum atomic E-state index is 12.7. The second-order valence-corrected chi connectivity index (χ2v) is 6.20.